The molecule has 1 aromatic carbocycles. The van der Waals surface area contributed by atoms with Crippen LogP contribution in [0.2, 0.25) is 0 Å². The van der Waals surface area contributed by atoms with Gasteiger partial charge in [-0.05, 0) is 25.3 Å². The van der Waals surface area contributed by atoms with Crippen molar-refractivity contribution in [3.8, 4) is 5.75 Å². The molecule has 1 aliphatic carbocycles. The van der Waals surface area contributed by atoms with E-state index in [0.29, 0.717) is 18.2 Å². The third-order valence-electron chi connectivity index (χ3n) is 4.06. The molecule has 0 spiro atoms. The Morgan fingerprint density at radius 3 is 2.67 bits per heavy atom. The van der Waals surface area contributed by atoms with Gasteiger partial charge in [-0.3, -0.25) is 4.90 Å². The minimum atomic E-state index is -4.65. The Labute approximate surface area is 122 Å². The number of para-hydroxylation sites is 1. The summed E-state index contributed by atoms with van der Waals surface area (Å²) in [6, 6.07) is 7.40. The van der Waals surface area contributed by atoms with E-state index in [-0.39, 0.29) is 5.75 Å². The Hall–Kier alpha value is -1.27. The third kappa shape index (κ3) is 4.11. The van der Waals surface area contributed by atoms with Gasteiger partial charge >= 0.3 is 6.36 Å². The van der Waals surface area contributed by atoms with Crippen LogP contribution in [-0.2, 0) is 6.54 Å². The second-order valence-electron chi connectivity index (χ2n) is 5.75. The highest BCUT2D eigenvalue weighted by Gasteiger charge is 2.34. The van der Waals surface area contributed by atoms with Gasteiger partial charge in [0.25, 0.3) is 0 Å². The zero-order valence-electron chi connectivity index (χ0n) is 11.7. The first-order valence-electron chi connectivity index (χ1n) is 7.32. The molecule has 2 aliphatic rings. The molecule has 3 rings (SSSR count). The third-order valence-corrected chi connectivity index (χ3v) is 4.06. The fourth-order valence-electron chi connectivity index (χ4n) is 2.85. The van der Waals surface area contributed by atoms with Gasteiger partial charge in [-0.2, -0.15) is 0 Å². The molecule has 0 aromatic heterocycles. The SMILES string of the molecule is FC(F)(F)Oc1ccccc1CN[C@@H]1CCN(C2CC2)C1. The molecule has 116 valence electrons. The van der Waals surface area contributed by atoms with Crippen molar-refractivity contribution in [2.24, 2.45) is 0 Å². The molecule has 1 saturated carbocycles. The Balaban J connectivity index is 1.55. The number of nitrogens with zero attached hydrogens (tertiary/aromatic N) is 1. The number of rotatable bonds is 5. The highest BCUT2D eigenvalue weighted by Crippen LogP contribution is 2.30. The van der Waals surface area contributed by atoms with Gasteiger partial charge in [-0.1, -0.05) is 18.2 Å². The van der Waals surface area contributed by atoms with E-state index in [2.05, 4.69) is 15.0 Å². The van der Waals surface area contributed by atoms with Crippen LogP contribution in [0.15, 0.2) is 24.3 Å². The zero-order valence-corrected chi connectivity index (χ0v) is 11.7. The smallest absolute Gasteiger partial charge is 0.405 e. The van der Waals surface area contributed by atoms with Gasteiger partial charge in [0.15, 0.2) is 0 Å². The van der Waals surface area contributed by atoms with Crippen molar-refractivity contribution in [2.45, 2.75) is 44.3 Å². The maximum absolute atomic E-state index is 12.4. The molecule has 1 heterocycles. The molecule has 21 heavy (non-hydrogen) atoms. The van der Waals surface area contributed by atoms with E-state index >= 15 is 0 Å². The Morgan fingerprint density at radius 1 is 1.19 bits per heavy atom. The molecular formula is C15H19F3N2O. The standard InChI is InChI=1S/C15H19F3N2O/c16-15(17,18)21-14-4-2-1-3-11(14)9-19-12-7-8-20(10-12)13-5-6-13/h1-4,12-13,19H,5-10H2/t12-/m1/s1. The number of hydrogen-bond acceptors (Lipinski definition) is 3. The number of likely N-dealkylation sites (tertiary alicyclic amines) is 1. The lowest BCUT2D eigenvalue weighted by molar-refractivity contribution is -0.274. The molecule has 1 N–H and O–H groups in total. The maximum Gasteiger partial charge on any atom is 0.573 e. The first kappa shape index (κ1) is 14.7. The van der Waals surface area contributed by atoms with Crippen molar-refractivity contribution < 1.29 is 17.9 Å². The first-order valence-corrected chi connectivity index (χ1v) is 7.32. The predicted octanol–water partition coefficient (Wildman–Crippen LogP) is 2.91. The lowest BCUT2D eigenvalue weighted by Gasteiger charge is -2.17. The minimum Gasteiger partial charge on any atom is -0.405 e. The number of hydrogen-bond donors (Lipinski definition) is 1. The van der Waals surface area contributed by atoms with Gasteiger partial charge in [0.2, 0.25) is 0 Å². The summed E-state index contributed by atoms with van der Waals surface area (Å²) in [5.41, 5.74) is 0.541. The Kier molecular flexibility index (Phi) is 4.08. The maximum atomic E-state index is 12.4. The lowest BCUT2D eigenvalue weighted by atomic mass is 10.2. The van der Waals surface area contributed by atoms with Crippen LogP contribution in [0.25, 0.3) is 0 Å². The van der Waals surface area contributed by atoms with E-state index < -0.39 is 6.36 Å². The number of alkyl halides is 3. The molecule has 0 amide bonds. The molecule has 1 atom stereocenters. The first-order chi connectivity index (χ1) is 10.0. The van der Waals surface area contributed by atoms with Crippen molar-refractivity contribution >= 4 is 0 Å². The van der Waals surface area contributed by atoms with Crippen LogP contribution in [0, 0.1) is 0 Å². The normalized spacial score (nSPS) is 23.5. The summed E-state index contributed by atoms with van der Waals surface area (Å²) in [6.07, 6.45) is -1.02. The zero-order chi connectivity index (χ0) is 14.9. The number of nitrogens with one attached hydrogen (secondary N) is 1. The monoisotopic (exact) mass is 300 g/mol. The van der Waals surface area contributed by atoms with Crippen molar-refractivity contribution in [1.82, 2.24) is 10.2 Å². The second kappa shape index (κ2) is 5.85. The van der Waals surface area contributed by atoms with Crippen molar-refractivity contribution in [3.05, 3.63) is 29.8 Å². The molecule has 1 saturated heterocycles. The number of benzene rings is 1. The van der Waals surface area contributed by atoms with E-state index in [1.807, 2.05) is 0 Å². The van der Waals surface area contributed by atoms with Crippen molar-refractivity contribution in [3.63, 3.8) is 0 Å². The average Bonchev–Trinajstić information content (AvgIpc) is 3.16. The minimum absolute atomic E-state index is 0.116. The number of ether oxygens (including phenoxy) is 1. The lowest BCUT2D eigenvalue weighted by Crippen LogP contribution is -2.33. The van der Waals surface area contributed by atoms with Gasteiger partial charge < -0.3 is 10.1 Å². The van der Waals surface area contributed by atoms with E-state index in [1.54, 1.807) is 18.2 Å². The van der Waals surface area contributed by atoms with Gasteiger partial charge in [-0.25, -0.2) is 0 Å². The van der Waals surface area contributed by atoms with Gasteiger partial charge in [0, 0.05) is 37.3 Å². The quantitative estimate of drug-likeness (QED) is 0.905. The van der Waals surface area contributed by atoms with Crippen LogP contribution in [0.3, 0.4) is 0 Å². The number of halogens is 3. The molecule has 0 unspecified atom stereocenters. The Morgan fingerprint density at radius 2 is 1.95 bits per heavy atom. The van der Waals surface area contributed by atoms with E-state index in [0.717, 1.165) is 25.6 Å². The van der Waals surface area contributed by atoms with Gasteiger partial charge in [0.1, 0.15) is 5.75 Å². The summed E-state index contributed by atoms with van der Waals surface area (Å²) >= 11 is 0. The van der Waals surface area contributed by atoms with E-state index in [1.165, 1.54) is 18.9 Å². The summed E-state index contributed by atoms with van der Waals surface area (Å²) in [6.45, 7) is 2.48. The highest BCUT2D eigenvalue weighted by molar-refractivity contribution is 5.33. The molecule has 3 nitrogen and oxygen atoms in total. The summed E-state index contributed by atoms with van der Waals surface area (Å²) in [4.78, 5) is 2.47. The van der Waals surface area contributed by atoms with Crippen molar-refractivity contribution in [1.29, 1.82) is 0 Å². The summed E-state index contributed by atoms with van der Waals surface area (Å²) in [7, 11) is 0. The molecule has 1 aromatic rings. The molecular weight excluding hydrogens is 281 g/mol. The molecule has 1 aliphatic heterocycles. The van der Waals surface area contributed by atoms with Gasteiger partial charge in [-0.15, -0.1) is 13.2 Å². The van der Waals surface area contributed by atoms with Crippen molar-refractivity contribution in [2.75, 3.05) is 13.1 Å². The topological polar surface area (TPSA) is 24.5 Å². The largest absolute Gasteiger partial charge is 0.573 e. The molecule has 0 radical (unpaired) electrons. The van der Waals surface area contributed by atoms with Crippen LogP contribution < -0.4 is 10.1 Å². The predicted molar refractivity (Wildman–Crippen MR) is 73.0 cm³/mol. The average molecular weight is 300 g/mol. The van der Waals surface area contributed by atoms with E-state index in [9.17, 15) is 13.2 Å². The van der Waals surface area contributed by atoms with Crippen LogP contribution in [0.4, 0.5) is 13.2 Å². The highest BCUT2D eigenvalue weighted by atomic mass is 19.4. The molecule has 2 fully saturated rings. The second-order valence-corrected chi connectivity index (χ2v) is 5.75. The van der Waals surface area contributed by atoms with Crippen LogP contribution >= 0.6 is 0 Å². The Bertz CT molecular complexity index is 488. The van der Waals surface area contributed by atoms with Gasteiger partial charge in [0.05, 0.1) is 0 Å². The fourth-order valence-corrected chi connectivity index (χ4v) is 2.85. The van der Waals surface area contributed by atoms with E-state index in [4.69, 9.17) is 0 Å². The van der Waals surface area contributed by atoms with Crippen LogP contribution in [0.5, 0.6) is 5.75 Å². The van der Waals surface area contributed by atoms with Crippen LogP contribution in [-0.4, -0.2) is 36.4 Å². The fraction of sp³-hybridized carbons (Fsp3) is 0.600. The van der Waals surface area contributed by atoms with Crippen LogP contribution in [0.1, 0.15) is 24.8 Å². The summed E-state index contributed by atoms with van der Waals surface area (Å²) in [5.74, 6) is -0.116. The molecule has 6 heteroatoms. The summed E-state index contributed by atoms with van der Waals surface area (Å²) < 4.78 is 41.1. The molecule has 0 bridgehead atoms. The summed E-state index contributed by atoms with van der Waals surface area (Å²) in [5, 5.41) is 3.35.